The van der Waals surface area contributed by atoms with E-state index in [0.717, 1.165) is 6.07 Å². The average Bonchev–Trinajstić information content (AvgIpc) is 2.49. The lowest BCUT2D eigenvalue weighted by atomic mass is 10.1. The normalized spacial score (nSPS) is 11.9. The van der Waals surface area contributed by atoms with Gasteiger partial charge in [0, 0.05) is 12.1 Å². The van der Waals surface area contributed by atoms with Gasteiger partial charge in [0.05, 0.1) is 17.6 Å². The van der Waals surface area contributed by atoms with Crippen molar-refractivity contribution in [3.63, 3.8) is 0 Å². The monoisotopic (exact) mass is 308 g/mol. The van der Waals surface area contributed by atoms with Crippen LogP contribution in [-0.4, -0.2) is 35.1 Å². The Balaban J connectivity index is 3.07. The van der Waals surface area contributed by atoms with Gasteiger partial charge in [0.15, 0.2) is 0 Å². The van der Waals surface area contributed by atoms with E-state index < -0.39 is 22.8 Å². The molecule has 0 heterocycles. The molecular formula is C14H16N2O6. The van der Waals surface area contributed by atoms with Gasteiger partial charge in [0.25, 0.3) is 11.6 Å². The molecule has 1 unspecified atom stereocenters. The van der Waals surface area contributed by atoms with E-state index in [4.69, 9.17) is 9.84 Å². The van der Waals surface area contributed by atoms with Crippen LogP contribution in [0, 0.1) is 10.1 Å². The van der Waals surface area contributed by atoms with Crippen molar-refractivity contribution < 1.29 is 24.4 Å². The number of hydrogen-bond acceptors (Lipinski definition) is 5. The number of non-ortho nitro benzene ring substituents is 1. The second kappa shape index (κ2) is 7.77. The van der Waals surface area contributed by atoms with Crippen LogP contribution in [0.1, 0.15) is 23.7 Å². The molecule has 0 saturated heterocycles. The van der Waals surface area contributed by atoms with Gasteiger partial charge in [-0.2, -0.15) is 0 Å². The summed E-state index contributed by atoms with van der Waals surface area (Å²) in [6.07, 6.45) is 3.37. The minimum atomic E-state index is -1.20. The van der Waals surface area contributed by atoms with Gasteiger partial charge >= 0.3 is 5.97 Å². The summed E-state index contributed by atoms with van der Waals surface area (Å²) >= 11 is 0. The highest BCUT2D eigenvalue weighted by molar-refractivity contribution is 5.99. The fraction of sp³-hybridized carbons (Fsp3) is 0.286. The number of aliphatic carboxylic acids is 1. The predicted molar refractivity (Wildman–Crippen MR) is 78.0 cm³/mol. The molecule has 0 fully saturated rings. The van der Waals surface area contributed by atoms with Gasteiger partial charge < -0.3 is 15.2 Å². The van der Waals surface area contributed by atoms with Crippen LogP contribution in [-0.2, 0) is 4.79 Å². The number of amides is 1. The predicted octanol–water partition coefficient (Wildman–Crippen LogP) is 1.75. The van der Waals surface area contributed by atoms with Gasteiger partial charge in [0.2, 0.25) is 0 Å². The molecule has 1 aromatic carbocycles. The molecule has 22 heavy (non-hydrogen) atoms. The summed E-state index contributed by atoms with van der Waals surface area (Å²) in [6, 6.07) is 2.40. The Labute approximate surface area is 126 Å². The highest BCUT2D eigenvalue weighted by atomic mass is 16.6. The number of methoxy groups -OCH3 is 1. The van der Waals surface area contributed by atoms with E-state index in [9.17, 15) is 19.7 Å². The van der Waals surface area contributed by atoms with Crippen LogP contribution in [0.25, 0.3) is 0 Å². The maximum absolute atomic E-state index is 12.2. The summed E-state index contributed by atoms with van der Waals surface area (Å²) in [4.78, 5) is 33.4. The quantitative estimate of drug-likeness (QED) is 0.450. The third-order valence-electron chi connectivity index (χ3n) is 2.85. The Hall–Kier alpha value is -2.90. The van der Waals surface area contributed by atoms with Gasteiger partial charge in [-0.1, -0.05) is 12.2 Å². The van der Waals surface area contributed by atoms with Crippen molar-refractivity contribution in [2.75, 3.05) is 7.11 Å². The van der Waals surface area contributed by atoms with Gasteiger partial charge in [-0.05, 0) is 19.4 Å². The number of carbonyl (C=O) groups excluding carboxylic acids is 1. The minimum absolute atomic E-state index is 0.0940. The molecule has 0 aliphatic carbocycles. The first-order valence-corrected chi connectivity index (χ1v) is 6.38. The lowest BCUT2D eigenvalue weighted by Crippen LogP contribution is -2.40. The van der Waals surface area contributed by atoms with E-state index in [1.807, 2.05) is 0 Å². The van der Waals surface area contributed by atoms with Crippen molar-refractivity contribution in [1.29, 1.82) is 0 Å². The number of nitro benzene ring substituents is 1. The molecule has 8 nitrogen and oxygen atoms in total. The number of carboxylic acids is 1. The molecule has 0 radical (unpaired) electrons. The van der Waals surface area contributed by atoms with Crippen LogP contribution in [0.3, 0.4) is 0 Å². The second-order valence-corrected chi connectivity index (χ2v) is 4.31. The molecule has 0 aliphatic heterocycles. The molecule has 1 aromatic rings. The van der Waals surface area contributed by atoms with Crippen LogP contribution in [0.4, 0.5) is 5.69 Å². The fourth-order valence-corrected chi connectivity index (χ4v) is 1.72. The van der Waals surface area contributed by atoms with E-state index >= 15 is 0 Å². The molecule has 0 aliphatic rings. The maximum atomic E-state index is 12.2. The Kier molecular flexibility index (Phi) is 6.06. The van der Waals surface area contributed by atoms with Crippen LogP contribution in [0.2, 0.25) is 0 Å². The Bertz CT molecular complexity index is 611. The van der Waals surface area contributed by atoms with Crippen molar-refractivity contribution in [3.05, 3.63) is 46.0 Å². The SMILES string of the molecule is C/C=C/CC(NC(=O)c1cc([N+](=O)[O-])ccc1OC)C(=O)O. The lowest BCUT2D eigenvalue weighted by Gasteiger charge is -2.14. The fourth-order valence-electron chi connectivity index (χ4n) is 1.72. The van der Waals surface area contributed by atoms with E-state index in [2.05, 4.69) is 5.32 Å². The highest BCUT2D eigenvalue weighted by Gasteiger charge is 2.23. The number of rotatable bonds is 7. The average molecular weight is 308 g/mol. The van der Waals surface area contributed by atoms with E-state index in [1.54, 1.807) is 19.1 Å². The van der Waals surface area contributed by atoms with Crippen molar-refractivity contribution >= 4 is 17.6 Å². The minimum Gasteiger partial charge on any atom is -0.496 e. The first-order valence-electron chi connectivity index (χ1n) is 6.38. The zero-order chi connectivity index (χ0) is 16.7. The summed E-state index contributed by atoms with van der Waals surface area (Å²) in [5, 5.41) is 22.2. The maximum Gasteiger partial charge on any atom is 0.326 e. The largest absolute Gasteiger partial charge is 0.496 e. The first kappa shape index (κ1) is 17.2. The molecule has 8 heteroatoms. The van der Waals surface area contributed by atoms with Crippen molar-refractivity contribution in [2.45, 2.75) is 19.4 Å². The third-order valence-corrected chi connectivity index (χ3v) is 2.85. The summed E-state index contributed by atoms with van der Waals surface area (Å²) in [6.45, 7) is 1.73. The summed E-state index contributed by atoms with van der Waals surface area (Å²) in [5.41, 5.74) is -0.380. The Morgan fingerprint density at radius 3 is 2.68 bits per heavy atom. The number of nitro groups is 1. The van der Waals surface area contributed by atoms with Crippen LogP contribution < -0.4 is 10.1 Å². The van der Waals surface area contributed by atoms with Gasteiger partial charge in [-0.15, -0.1) is 0 Å². The molecule has 0 saturated carbocycles. The van der Waals surface area contributed by atoms with Crippen LogP contribution >= 0.6 is 0 Å². The first-order chi connectivity index (χ1) is 10.4. The van der Waals surface area contributed by atoms with Crippen molar-refractivity contribution in [2.24, 2.45) is 0 Å². The molecule has 1 amide bonds. The van der Waals surface area contributed by atoms with Crippen LogP contribution in [0.5, 0.6) is 5.75 Å². The molecule has 0 aromatic heterocycles. The van der Waals surface area contributed by atoms with Gasteiger partial charge in [-0.25, -0.2) is 4.79 Å². The number of carbonyl (C=O) groups is 2. The second-order valence-electron chi connectivity index (χ2n) is 4.31. The van der Waals surface area contributed by atoms with Crippen LogP contribution in [0.15, 0.2) is 30.4 Å². The zero-order valence-electron chi connectivity index (χ0n) is 12.1. The zero-order valence-corrected chi connectivity index (χ0v) is 12.1. The number of carboxylic acid groups (broad SMARTS) is 1. The molecule has 0 spiro atoms. The van der Waals surface area contributed by atoms with Gasteiger partial charge in [0.1, 0.15) is 11.8 Å². The molecular weight excluding hydrogens is 292 g/mol. The van der Waals surface area contributed by atoms with Crippen molar-refractivity contribution in [3.8, 4) is 5.75 Å². The topological polar surface area (TPSA) is 119 Å². The number of allylic oxidation sites excluding steroid dienone is 1. The Morgan fingerprint density at radius 2 is 2.18 bits per heavy atom. The van der Waals surface area contributed by atoms with Crippen molar-refractivity contribution in [1.82, 2.24) is 5.32 Å². The summed E-state index contributed by atoms with van der Waals surface area (Å²) in [5.74, 6) is -1.83. The van der Waals surface area contributed by atoms with Gasteiger partial charge in [-0.3, -0.25) is 14.9 Å². The molecule has 1 atom stereocenters. The summed E-state index contributed by atoms with van der Waals surface area (Å²) in [7, 11) is 1.31. The van der Waals surface area contributed by atoms with E-state index in [-0.39, 0.29) is 23.4 Å². The number of hydrogen-bond donors (Lipinski definition) is 2. The third kappa shape index (κ3) is 4.30. The lowest BCUT2D eigenvalue weighted by molar-refractivity contribution is -0.384. The smallest absolute Gasteiger partial charge is 0.326 e. The molecule has 118 valence electrons. The standard InChI is InChI=1S/C14H16N2O6/c1-3-4-5-11(14(18)19)15-13(17)10-8-9(16(20)21)6-7-12(10)22-2/h3-4,6-8,11H,5H2,1-2H3,(H,15,17)(H,18,19)/b4-3+. The molecule has 1 rings (SSSR count). The van der Waals surface area contributed by atoms with E-state index in [0.29, 0.717) is 0 Å². The molecule has 0 bridgehead atoms. The summed E-state index contributed by atoms with van der Waals surface area (Å²) < 4.78 is 4.98. The highest BCUT2D eigenvalue weighted by Crippen LogP contribution is 2.24. The number of benzene rings is 1. The molecule has 2 N–H and O–H groups in total. The number of nitrogens with zero attached hydrogens (tertiary/aromatic N) is 1. The number of nitrogens with one attached hydrogen (secondary N) is 1. The number of ether oxygens (including phenoxy) is 1. The Morgan fingerprint density at radius 1 is 1.50 bits per heavy atom. The van der Waals surface area contributed by atoms with E-state index in [1.165, 1.54) is 19.2 Å².